The Labute approximate surface area is 165 Å². The van der Waals surface area contributed by atoms with Crippen LogP contribution in [0.3, 0.4) is 0 Å². The molecular formula is C20H18N2O5S. The SMILES string of the molecule is O=C1C(c2cccs2)=C(N2CCOCC2)C(=O)N1Cc1ccc2c(c1)OCO2. The summed E-state index contributed by atoms with van der Waals surface area (Å²) in [5.41, 5.74) is 1.79. The second-order valence-electron chi connectivity index (χ2n) is 6.68. The zero-order valence-electron chi connectivity index (χ0n) is 15.1. The molecule has 28 heavy (non-hydrogen) atoms. The number of rotatable bonds is 4. The van der Waals surface area contributed by atoms with E-state index >= 15 is 0 Å². The lowest BCUT2D eigenvalue weighted by atomic mass is 10.1. The molecule has 7 nitrogen and oxygen atoms in total. The summed E-state index contributed by atoms with van der Waals surface area (Å²) in [6, 6.07) is 9.25. The second-order valence-corrected chi connectivity index (χ2v) is 7.63. The number of fused-ring (bicyclic) bond motifs is 1. The molecule has 5 rings (SSSR count). The minimum absolute atomic E-state index is 0.186. The Kier molecular flexibility index (Phi) is 4.29. The van der Waals surface area contributed by atoms with Crippen molar-refractivity contribution in [1.82, 2.24) is 9.80 Å². The van der Waals surface area contributed by atoms with Crippen molar-refractivity contribution in [3.05, 3.63) is 51.8 Å². The van der Waals surface area contributed by atoms with Gasteiger partial charge in [0.15, 0.2) is 11.5 Å². The third-order valence-electron chi connectivity index (χ3n) is 5.02. The van der Waals surface area contributed by atoms with E-state index in [-0.39, 0.29) is 25.2 Å². The minimum atomic E-state index is -0.258. The molecule has 8 heteroatoms. The van der Waals surface area contributed by atoms with Crippen LogP contribution < -0.4 is 9.47 Å². The Morgan fingerprint density at radius 2 is 1.82 bits per heavy atom. The fraction of sp³-hybridized carbons (Fsp3) is 0.300. The molecule has 0 aliphatic carbocycles. The molecular weight excluding hydrogens is 380 g/mol. The predicted molar refractivity (Wildman–Crippen MR) is 102 cm³/mol. The molecule has 0 saturated carbocycles. The van der Waals surface area contributed by atoms with Crippen LogP contribution in [0.1, 0.15) is 10.4 Å². The van der Waals surface area contributed by atoms with E-state index in [4.69, 9.17) is 14.2 Å². The van der Waals surface area contributed by atoms with Gasteiger partial charge >= 0.3 is 0 Å². The Morgan fingerprint density at radius 1 is 1.00 bits per heavy atom. The topological polar surface area (TPSA) is 68.3 Å². The van der Waals surface area contributed by atoms with Gasteiger partial charge in [0.2, 0.25) is 6.79 Å². The summed E-state index contributed by atoms with van der Waals surface area (Å²) in [5.74, 6) is 0.797. The standard InChI is InChI=1S/C20H18N2O5S/c23-19-17(16-2-1-9-28-16)18(21-5-7-25-8-6-21)20(24)22(19)11-13-3-4-14-15(10-13)27-12-26-14/h1-4,9-10H,5-8,11-12H2. The number of imide groups is 1. The predicted octanol–water partition coefficient (Wildman–Crippen LogP) is 2.09. The van der Waals surface area contributed by atoms with Crippen LogP contribution in [0.2, 0.25) is 0 Å². The molecule has 1 fully saturated rings. The lowest BCUT2D eigenvalue weighted by molar-refractivity contribution is -0.138. The molecule has 2 aromatic rings. The highest BCUT2D eigenvalue weighted by Crippen LogP contribution is 2.37. The molecule has 4 heterocycles. The first kappa shape index (κ1) is 17.3. The number of ether oxygens (including phenoxy) is 3. The van der Waals surface area contributed by atoms with Crippen LogP contribution in [0, 0.1) is 0 Å². The number of thiophene rings is 1. The van der Waals surface area contributed by atoms with E-state index in [0.717, 1.165) is 10.4 Å². The van der Waals surface area contributed by atoms with Crippen LogP contribution in [0.15, 0.2) is 41.4 Å². The normalized spacial score (nSPS) is 19.1. The Bertz CT molecular complexity index is 963. The maximum Gasteiger partial charge on any atom is 0.278 e. The lowest BCUT2D eigenvalue weighted by Gasteiger charge is -2.29. The van der Waals surface area contributed by atoms with Crippen LogP contribution in [-0.2, 0) is 20.9 Å². The Balaban J connectivity index is 1.48. The average Bonchev–Trinajstić information content (AvgIpc) is 3.45. The summed E-state index contributed by atoms with van der Waals surface area (Å²) < 4.78 is 16.2. The van der Waals surface area contributed by atoms with Crippen LogP contribution in [-0.4, -0.2) is 54.7 Å². The monoisotopic (exact) mass is 398 g/mol. The number of hydrogen-bond donors (Lipinski definition) is 0. The second kappa shape index (κ2) is 6.96. The van der Waals surface area contributed by atoms with Crippen molar-refractivity contribution >= 4 is 28.7 Å². The number of carbonyl (C=O) groups is 2. The molecule has 0 unspecified atom stereocenters. The van der Waals surface area contributed by atoms with E-state index < -0.39 is 0 Å². The first-order chi connectivity index (χ1) is 13.7. The number of benzene rings is 1. The van der Waals surface area contributed by atoms with Gasteiger partial charge in [0.1, 0.15) is 5.70 Å². The van der Waals surface area contributed by atoms with Gasteiger partial charge in [-0.05, 0) is 29.1 Å². The Hall–Kier alpha value is -2.84. The molecule has 1 aromatic heterocycles. The van der Waals surface area contributed by atoms with Crippen LogP contribution in [0.4, 0.5) is 0 Å². The zero-order chi connectivity index (χ0) is 19.1. The average molecular weight is 398 g/mol. The van der Waals surface area contributed by atoms with Gasteiger partial charge in [0.05, 0.1) is 25.3 Å². The largest absolute Gasteiger partial charge is 0.454 e. The molecule has 1 aromatic carbocycles. The highest BCUT2D eigenvalue weighted by molar-refractivity contribution is 7.11. The van der Waals surface area contributed by atoms with E-state index in [0.29, 0.717) is 49.1 Å². The van der Waals surface area contributed by atoms with E-state index in [9.17, 15) is 9.59 Å². The van der Waals surface area contributed by atoms with E-state index in [1.165, 1.54) is 16.2 Å². The van der Waals surface area contributed by atoms with Crippen molar-refractivity contribution in [1.29, 1.82) is 0 Å². The maximum atomic E-state index is 13.3. The summed E-state index contributed by atoms with van der Waals surface area (Å²) in [5, 5.41) is 1.91. The fourth-order valence-corrected chi connectivity index (χ4v) is 4.41. The summed E-state index contributed by atoms with van der Waals surface area (Å²) in [6.07, 6.45) is 0. The number of carbonyl (C=O) groups excluding carboxylic acids is 2. The van der Waals surface area contributed by atoms with Gasteiger partial charge in [-0.25, -0.2) is 0 Å². The summed E-state index contributed by atoms with van der Waals surface area (Å²) >= 11 is 1.47. The van der Waals surface area contributed by atoms with Crippen molar-refractivity contribution < 1.29 is 23.8 Å². The van der Waals surface area contributed by atoms with Crippen LogP contribution >= 0.6 is 11.3 Å². The third-order valence-corrected chi connectivity index (χ3v) is 5.90. The van der Waals surface area contributed by atoms with Gasteiger partial charge in [0, 0.05) is 18.0 Å². The molecule has 0 N–H and O–H groups in total. The zero-order valence-corrected chi connectivity index (χ0v) is 15.9. The van der Waals surface area contributed by atoms with Gasteiger partial charge < -0.3 is 19.1 Å². The van der Waals surface area contributed by atoms with Gasteiger partial charge in [0.25, 0.3) is 11.8 Å². The maximum absolute atomic E-state index is 13.3. The number of nitrogens with zero attached hydrogens (tertiary/aromatic N) is 2. The molecule has 3 aliphatic rings. The first-order valence-corrected chi connectivity index (χ1v) is 9.96. The highest BCUT2D eigenvalue weighted by Gasteiger charge is 2.42. The highest BCUT2D eigenvalue weighted by atomic mass is 32.1. The Morgan fingerprint density at radius 3 is 2.61 bits per heavy atom. The van der Waals surface area contributed by atoms with Crippen LogP contribution in [0.25, 0.3) is 5.57 Å². The van der Waals surface area contributed by atoms with Gasteiger partial charge in [-0.1, -0.05) is 12.1 Å². The minimum Gasteiger partial charge on any atom is -0.454 e. The summed E-state index contributed by atoms with van der Waals surface area (Å²) in [4.78, 5) is 30.6. The van der Waals surface area contributed by atoms with Crippen molar-refractivity contribution in [2.75, 3.05) is 33.1 Å². The van der Waals surface area contributed by atoms with Gasteiger partial charge in [-0.3, -0.25) is 14.5 Å². The molecule has 0 bridgehead atoms. The van der Waals surface area contributed by atoms with E-state index in [2.05, 4.69) is 0 Å². The molecule has 1 saturated heterocycles. The molecule has 0 spiro atoms. The fourth-order valence-electron chi connectivity index (χ4n) is 3.65. The van der Waals surface area contributed by atoms with Gasteiger partial charge in [-0.15, -0.1) is 11.3 Å². The molecule has 2 amide bonds. The molecule has 3 aliphatic heterocycles. The number of hydrogen-bond acceptors (Lipinski definition) is 7. The molecule has 0 radical (unpaired) electrons. The van der Waals surface area contributed by atoms with E-state index in [1.54, 1.807) is 6.07 Å². The third kappa shape index (κ3) is 2.85. The number of morpholine rings is 1. The molecule has 0 atom stereocenters. The quantitative estimate of drug-likeness (QED) is 0.735. The van der Waals surface area contributed by atoms with Crippen molar-refractivity contribution in [3.63, 3.8) is 0 Å². The molecule has 144 valence electrons. The lowest BCUT2D eigenvalue weighted by Crippen LogP contribution is -2.40. The van der Waals surface area contributed by atoms with Gasteiger partial charge in [-0.2, -0.15) is 0 Å². The smallest absolute Gasteiger partial charge is 0.278 e. The van der Waals surface area contributed by atoms with Crippen LogP contribution in [0.5, 0.6) is 11.5 Å². The summed E-state index contributed by atoms with van der Waals surface area (Å²) in [6.45, 7) is 2.67. The summed E-state index contributed by atoms with van der Waals surface area (Å²) in [7, 11) is 0. The number of amides is 2. The van der Waals surface area contributed by atoms with Crippen molar-refractivity contribution in [3.8, 4) is 11.5 Å². The van der Waals surface area contributed by atoms with E-state index in [1.807, 2.05) is 34.5 Å². The van der Waals surface area contributed by atoms with Crippen molar-refractivity contribution in [2.24, 2.45) is 0 Å². The van der Waals surface area contributed by atoms with Crippen molar-refractivity contribution in [2.45, 2.75) is 6.54 Å². The first-order valence-electron chi connectivity index (χ1n) is 9.08.